The van der Waals surface area contributed by atoms with Gasteiger partial charge in [0.2, 0.25) is 0 Å². The van der Waals surface area contributed by atoms with Gasteiger partial charge in [-0.1, -0.05) is 23.7 Å². The first kappa shape index (κ1) is 23.7. The summed E-state index contributed by atoms with van der Waals surface area (Å²) in [5, 5.41) is 12.9. The molecule has 3 N–H and O–H groups in total. The molecule has 8 nitrogen and oxygen atoms in total. The van der Waals surface area contributed by atoms with Gasteiger partial charge in [0.15, 0.2) is 0 Å². The van der Waals surface area contributed by atoms with Gasteiger partial charge in [-0.3, -0.25) is 4.79 Å². The highest BCUT2D eigenvalue weighted by Crippen LogP contribution is 2.23. The molecule has 4 rings (SSSR count). The van der Waals surface area contributed by atoms with Crippen molar-refractivity contribution >= 4 is 34.9 Å². The quantitative estimate of drug-likeness (QED) is 0.456. The number of aromatic nitrogens is 2. The molecule has 1 unspecified atom stereocenters. The lowest BCUT2D eigenvalue weighted by Crippen LogP contribution is -2.35. The molecule has 1 atom stereocenters. The van der Waals surface area contributed by atoms with Crippen LogP contribution in [0.4, 0.5) is 20.6 Å². The van der Waals surface area contributed by atoms with Gasteiger partial charge in [-0.2, -0.15) is 5.10 Å². The van der Waals surface area contributed by atoms with E-state index in [9.17, 15) is 14.0 Å². The maximum atomic E-state index is 13.1. The van der Waals surface area contributed by atoms with Gasteiger partial charge < -0.3 is 20.7 Å². The van der Waals surface area contributed by atoms with Crippen LogP contribution < -0.4 is 16.0 Å². The average molecular weight is 486 g/mol. The van der Waals surface area contributed by atoms with Gasteiger partial charge in [0.1, 0.15) is 11.0 Å². The smallest absolute Gasteiger partial charge is 0.319 e. The van der Waals surface area contributed by atoms with E-state index in [4.69, 9.17) is 16.3 Å². The van der Waals surface area contributed by atoms with Crippen molar-refractivity contribution in [3.05, 3.63) is 76.3 Å². The second-order valence-corrected chi connectivity index (χ2v) is 8.39. The summed E-state index contributed by atoms with van der Waals surface area (Å²) >= 11 is 6.43. The molecule has 1 saturated heterocycles. The average Bonchev–Trinajstić information content (AvgIpc) is 3.43. The summed E-state index contributed by atoms with van der Waals surface area (Å²) in [6.07, 6.45) is 2.03. The second-order valence-electron chi connectivity index (χ2n) is 8.04. The molecule has 0 bridgehead atoms. The Labute approximate surface area is 201 Å². The molecule has 10 heteroatoms. The molecule has 3 aromatic rings. The van der Waals surface area contributed by atoms with Crippen LogP contribution in [-0.2, 0) is 11.3 Å². The standard InChI is InChI=1S/C24H25ClFN5O3/c1-15-21(22(25)31(30-15)14-16-4-6-17(26)7-5-16)23(32)28-18-8-10-19(11-9-18)29-24(33)27-13-20-3-2-12-34-20/h4-11,20H,2-3,12-14H2,1H3,(H,28,32)(H2,27,29,33). The van der Waals surface area contributed by atoms with E-state index in [-0.39, 0.29) is 28.7 Å². The third-order valence-corrected chi connectivity index (χ3v) is 5.84. The minimum Gasteiger partial charge on any atom is -0.376 e. The Morgan fingerprint density at radius 2 is 1.79 bits per heavy atom. The van der Waals surface area contributed by atoms with Gasteiger partial charge in [-0.25, -0.2) is 13.9 Å². The number of benzene rings is 2. The van der Waals surface area contributed by atoms with Gasteiger partial charge in [0.25, 0.3) is 5.91 Å². The predicted molar refractivity (Wildman–Crippen MR) is 128 cm³/mol. The molecule has 2 heterocycles. The van der Waals surface area contributed by atoms with Crippen LogP contribution in [0.1, 0.15) is 34.5 Å². The van der Waals surface area contributed by atoms with E-state index in [0.29, 0.717) is 30.2 Å². The largest absolute Gasteiger partial charge is 0.376 e. The van der Waals surface area contributed by atoms with Crippen molar-refractivity contribution in [2.24, 2.45) is 0 Å². The number of aryl methyl sites for hydroxylation is 1. The minimum atomic E-state index is -0.400. The normalized spacial score (nSPS) is 15.2. The molecule has 0 radical (unpaired) electrons. The van der Waals surface area contributed by atoms with E-state index in [0.717, 1.165) is 25.0 Å². The summed E-state index contributed by atoms with van der Waals surface area (Å²) in [6.45, 7) is 3.21. The number of nitrogens with one attached hydrogen (secondary N) is 3. The monoisotopic (exact) mass is 485 g/mol. The van der Waals surface area contributed by atoms with E-state index in [1.165, 1.54) is 16.8 Å². The molecule has 1 aromatic heterocycles. The zero-order valence-electron chi connectivity index (χ0n) is 18.6. The van der Waals surface area contributed by atoms with Crippen LogP contribution in [-0.4, -0.2) is 41.0 Å². The first-order chi connectivity index (χ1) is 16.4. The van der Waals surface area contributed by atoms with Gasteiger partial charge in [0.05, 0.1) is 23.9 Å². The molecule has 0 aliphatic carbocycles. The Morgan fingerprint density at radius 1 is 1.12 bits per heavy atom. The highest BCUT2D eigenvalue weighted by molar-refractivity contribution is 6.33. The van der Waals surface area contributed by atoms with E-state index in [2.05, 4.69) is 21.0 Å². The lowest BCUT2D eigenvalue weighted by Gasteiger charge is -2.12. The molecule has 0 saturated carbocycles. The number of carbonyl (C=O) groups excluding carboxylic acids is 2. The number of halogens is 2. The summed E-state index contributed by atoms with van der Waals surface area (Å²) in [4.78, 5) is 24.9. The molecule has 34 heavy (non-hydrogen) atoms. The maximum Gasteiger partial charge on any atom is 0.319 e. The third-order valence-electron chi connectivity index (χ3n) is 5.45. The highest BCUT2D eigenvalue weighted by Gasteiger charge is 2.21. The van der Waals surface area contributed by atoms with Crippen molar-refractivity contribution in [2.45, 2.75) is 32.4 Å². The summed E-state index contributed by atoms with van der Waals surface area (Å²) in [5.41, 5.74) is 2.67. The fourth-order valence-electron chi connectivity index (χ4n) is 3.70. The molecule has 1 fully saturated rings. The zero-order valence-corrected chi connectivity index (χ0v) is 19.4. The van der Waals surface area contributed by atoms with Crippen LogP contribution in [0.3, 0.4) is 0 Å². The lowest BCUT2D eigenvalue weighted by atomic mass is 10.2. The van der Waals surface area contributed by atoms with Crippen molar-refractivity contribution < 1.29 is 18.7 Å². The van der Waals surface area contributed by atoms with Crippen molar-refractivity contribution in [3.8, 4) is 0 Å². The number of hydrogen-bond donors (Lipinski definition) is 3. The van der Waals surface area contributed by atoms with Crippen LogP contribution in [0.15, 0.2) is 48.5 Å². The Balaban J connectivity index is 1.34. The van der Waals surface area contributed by atoms with E-state index < -0.39 is 5.91 Å². The summed E-state index contributed by atoms with van der Waals surface area (Å²) in [7, 11) is 0. The Kier molecular flexibility index (Phi) is 7.44. The topological polar surface area (TPSA) is 97.3 Å². The fourth-order valence-corrected chi connectivity index (χ4v) is 4.02. The lowest BCUT2D eigenvalue weighted by molar-refractivity contribution is 0.102. The SMILES string of the molecule is Cc1nn(Cc2ccc(F)cc2)c(Cl)c1C(=O)Nc1ccc(NC(=O)NCC2CCCO2)cc1. The first-order valence-electron chi connectivity index (χ1n) is 10.9. The van der Waals surface area contributed by atoms with Crippen LogP contribution in [0.2, 0.25) is 5.15 Å². The van der Waals surface area contributed by atoms with Gasteiger partial charge in [0, 0.05) is 24.5 Å². The van der Waals surface area contributed by atoms with Gasteiger partial charge >= 0.3 is 6.03 Å². The van der Waals surface area contributed by atoms with Crippen LogP contribution in [0.25, 0.3) is 0 Å². The Bertz CT molecular complexity index is 1160. The first-order valence-corrected chi connectivity index (χ1v) is 11.3. The molecule has 1 aliphatic heterocycles. The van der Waals surface area contributed by atoms with Crippen LogP contribution in [0.5, 0.6) is 0 Å². The Hall–Kier alpha value is -3.43. The summed E-state index contributed by atoms with van der Waals surface area (Å²) < 4.78 is 20.1. The molecule has 3 amide bonds. The predicted octanol–water partition coefficient (Wildman–Crippen LogP) is 4.59. The van der Waals surface area contributed by atoms with Crippen molar-refractivity contribution in [1.29, 1.82) is 0 Å². The molecular weight excluding hydrogens is 461 g/mol. The van der Waals surface area contributed by atoms with E-state index >= 15 is 0 Å². The summed E-state index contributed by atoms with van der Waals surface area (Å²) in [5.74, 6) is -0.727. The van der Waals surface area contributed by atoms with Crippen molar-refractivity contribution in [3.63, 3.8) is 0 Å². The van der Waals surface area contributed by atoms with Crippen molar-refractivity contribution in [1.82, 2.24) is 15.1 Å². The minimum absolute atomic E-state index is 0.0682. The van der Waals surface area contributed by atoms with Crippen molar-refractivity contribution in [2.75, 3.05) is 23.8 Å². The van der Waals surface area contributed by atoms with Crippen LogP contribution in [0, 0.1) is 12.7 Å². The van der Waals surface area contributed by atoms with Gasteiger partial charge in [-0.05, 0) is 61.7 Å². The number of hydrogen-bond acceptors (Lipinski definition) is 4. The molecule has 2 aromatic carbocycles. The summed E-state index contributed by atoms with van der Waals surface area (Å²) in [6, 6.07) is 12.4. The third kappa shape index (κ3) is 5.92. The number of amides is 3. The maximum absolute atomic E-state index is 13.1. The molecule has 178 valence electrons. The molecule has 1 aliphatic rings. The molecule has 0 spiro atoms. The number of urea groups is 1. The number of anilines is 2. The zero-order chi connectivity index (χ0) is 24.1. The Morgan fingerprint density at radius 3 is 2.44 bits per heavy atom. The second kappa shape index (κ2) is 10.7. The van der Waals surface area contributed by atoms with Crippen LogP contribution >= 0.6 is 11.6 Å². The highest BCUT2D eigenvalue weighted by atomic mass is 35.5. The van der Waals surface area contributed by atoms with E-state index in [1.54, 1.807) is 43.3 Å². The number of carbonyl (C=O) groups is 2. The number of ether oxygens (including phenoxy) is 1. The van der Waals surface area contributed by atoms with E-state index in [1.807, 2.05) is 0 Å². The fraction of sp³-hybridized carbons (Fsp3) is 0.292. The molecular formula is C24H25ClFN5O3. The number of rotatable bonds is 7. The number of nitrogens with zero attached hydrogens (tertiary/aromatic N) is 2. The van der Waals surface area contributed by atoms with Gasteiger partial charge in [-0.15, -0.1) is 0 Å².